The van der Waals surface area contributed by atoms with E-state index in [0.29, 0.717) is 30.6 Å². The zero-order valence-corrected chi connectivity index (χ0v) is 24.3. The Labute approximate surface area is 235 Å². The van der Waals surface area contributed by atoms with Crippen molar-refractivity contribution in [1.82, 2.24) is 4.98 Å². The number of fused-ring (bicyclic) bond motifs is 1. The number of allylic oxidation sites excluding steroid dienone is 4. The first-order valence-corrected chi connectivity index (χ1v) is 15.4. The third-order valence-corrected chi connectivity index (χ3v) is 10.8. The predicted molar refractivity (Wildman–Crippen MR) is 158 cm³/mol. The third-order valence-electron chi connectivity index (χ3n) is 10.8. The summed E-state index contributed by atoms with van der Waals surface area (Å²) in [5.41, 5.74) is 5.70. The van der Waals surface area contributed by atoms with Crippen molar-refractivity contribution in [3.63, 3.8) is 0 Å². The fourth-order valence-electron chi connectivity index (χ4n) is 8.24. The van der Waals surface area contributed by atoms with E-state index in [9.17, 15) is 15.3 Å². The summed E-state index contributed by atoms with van der Waals surface area (Å²) in [6.45, 7) is 11.1. The Bertz CT molecular complexity index is 1140. The Balaban J connectivity index is 1.28. The van der Waals surface area contributed by atoms with Crippen molar-refractivity contribution < 1.29 is 15.3 Å². The number of rotatable bonds is 8. The number of hydrogen-bond donors (Lipinski definition) is 3. The van der Waals surface area contributed by atoms with Crippen LogP contribution >= 0.6 is 0 Å². The summed E-state index contributed by atoms with van der Waals surface area (Å²) < 4.78 is 0. The van der Waals surface area contributed by atoms with Crippen molar-refractivity contribution >= 4 is 0 Å². The molecule has 1 heterocycles. The summed E-state index contributed by atoms with van der Waals surface area (Å²) in [5, 5.41) is 31.7. The van der Waals surface area contributed by atoms with Crippen molar-refractivity contribution in [3.8, 4) is 0 Å². The van der Waals surface area contributed by atoms with Gasteiger partial charge in [-0.15, -0.1) is 0 Å². The second-order valence-corrected chi connectivity index (χ2v) is 13.3. The van der Waals surface area contributed by atoms with E-state index in [-0.39, 0.29) is 10.8 Å². The average molecular weight is 532 g/mol. The monoisotopic (exact) mass is 531 g/mol. The van der Waals surface area contributed by atoms with Crippen molar-refractivity contribution in [2.75, 3.05) is 0 Å². The van der Waals surface area contributed by atoms with Crippen LogP contribution in [0.3, 0.4) is 0 Å². The van der Waals surface area contributed by atoms with Gasteiger partial charge in [-0.3, -0.25) is 4.98 Å². The average Bonchev–Trinajstić information content (AvgIpc) is 3.65. The van der Waals surface area contributed by atoms with Gasteiger partial charge in [0.15, 0.2) is 0 Å². The molecule has 1 aromatic rings. The van der Waals surface area contributed by atoms with Crippen LogP contribution in [0.1, 0.15) is 96.2 Å². The minimum atomic E-state index is -0.639. The molecule has 4 aliphatic carbocycles. The van der Waals surface area contributed by atoms with Gasteiger partial charge in [0.05, 0.1) is 18.3 Å². The van der Waals surface area contributed by atoms with E-state index in [1.807, 2.05) is 6.20 Å². The zero-order valence-electron chi connectivity index (χ0n) is 24.3. The molecule has 3 N–H and O–H groups in total. The molecule has 0 unspecified atom stereocenters. The highest BCUT2D eigenvalue weighted by molar-refractivity contribution is 5.39. The maximum Gasteiger partial charge on any atom is 0.0832 e. The van der Waals surface area contributed by atoms with Crippen molar-refractivity contribution in [1.29, 1.82) is 0 Å². The smallest absolute Gasteiger partial charge is 0.0832 e. The third kappa shape index (κ3) is 5.62. The lowest BCUT2D eigenvalue weighted by atomic mass is 9.61. The molecule has 4 fully saturated rings. The lowest BCUT2D eigenvalue weighted by Crippen LogP contribution is -2.35. The molecule has 0 bridgehead atoms. The first-order chi connectivity index (χ1) is 18.7. The maximum absolute atomic E-state index is 11.3. The summed E-state index contributed by atoms with van der Waals surface area (Å²) >= 11 is 0. The van der Waals surface area contributed by atoms with Crippen molar-refractivity contribution in [3.05, 3.63) is 77.2 Å². The van der Waals surface area contributed by atoms with Gasteiger partial charge in [0.2, 0.25) is 0 Å². The summed E-state index contributed by atoms with van der Waals surface area (Å²) in [6, 6.07) is 4.32. The quantitative estimate of drug-likeness (QED) is 0.324. The van der Waals surface area contributed by atoms with Gasteiger partial charge in [-0.05, 0) is 110 Å². The lowest BCUT2D eigenvalue weighted by molar-refractivity contribution is 0.0862. The number of aliphatic hydroxyl groups excluding tert-OH is 3. The highest BCUT2D eigenvalue weighted by Gasteiger charge is 2.52. The number of aromatic nitrogens is 1. The Morgan fingerprint density at radius 3 is 2.69 bits per heavy atom. The molecule has 0 amide bonds. The van der Waals surface area contributed by atoms with Crippen LogP contribution in [0.4, 0.5) is 0 Å². The SMILES string of the molecule is C=C1C(=CC=C2CCC[C@]3(C)[C@@H]([C@H](C)C=C[C@@H](O)C4(c5cc(CCC)ccn5)CC4)CC[C@@H]23)C[C@@H](O)C[C@@H]1O. The van der Waals surface area contributed by atoms with Gasteiger partial charge in [-0.1, -0.05) is 63.6 Å². The van der Waals surface area contributed by atoms with Gasteiger partial charge in [-0.2, -0.15) is 0 Å². The molecule has 0 spiro atoms. The molecule has 4 aliphatic rings. The van der Waals surface area contributed by atoms with Crippen molar-refractivity contribution in [2.24, 2.45) is 23.2 Å². The molecule has 4 heteroatoms. The second kappa shape index (κ2) is 11.5. The fraction of sp³-hybridized carbons (Fsp3) is 0.629. The number of aliphatic hydroxyl groups is 3. The highest BCUT2D eigenvalue weighted by Crippen LogP contribution is 2.60. The van der Waals surface area contributed by atoms with E-state index in [4.69, 9.17) is 0 Å². The van der Waals surface area contributed by atoms with Crippen LogP contribution in [0.2, 0.25) is 0 Å². The molecule has 5 rings (SSSR count). The number of aryl methyl sites for hydroxylation is 1. The minimum Gasteiger partial charge on any atom is -0.393 e. The molecule has 212 valence electrons. The Morgan fingerprint density at radius 1 is 1.15 bits per heavy atom. The minimum absolute atomic E-state index is 0.208. The van der Waals surface area contributed by atoms with E-state index >= 15 is 0 Å². The van der Waals surface area contributed by atoms with Gasteiger partial charge < -0.3 is 15.3 Å². The van der Waals surface area contributed by atoms with E-state index in [2.05, 4.69) is 68.8 Å². The van der Waals surface area contributed by atoms with E-state index in [0.717, 1.165) is 48.9 Å². The topological polar surface area (TPSA) is 73.6 Å². The fourth-order valence-corrected chi connectivity index (χ4v) is 8.24. The predicted octanol–water partition coefficient (Wildman–Crippen LogP) is 6.76. The van der Waals surface area contributed by atoms with Crippen molar-refractivity contribution in [2.45, 2.75) is 115 Å². The Kier molecular flexibility index (Phi) is 8.38. The maximum atomic E-state index is 11.3. The molecular weight excluding hydrogens is 482 g/mol. The van der Waals surface area contributed by atoms with Crippen LogP contribution in [0.15, 0.2) is 65.9 Å². The van der Waals surface area contributed by atoms with Crippen LogP contribution < -0.4 is 0 Å². The van der Waals surface area contributed by atoms with E-state index < -0.39 is 18.3 Å². The Hall–Kier alpha value is -2.01. The van der Waals surface area contributed by atoms with Crippen LogP contribution in [0, 0.1) is 23.2 Å². The van der Waals surface area contributed by atoms with Gasteiger partial charge >= 0.3 is 0 Å². The van der Waals surface area contributed by atoms with Crippen LogP contribution in [-0.4, -0.2) is 38.6 Å². The molecule has 0 radical (unpaired) electrons. The molecule has 39 heavy (non-hydrogen) atoms. The summed E-state index contributed by atoms with van der Waals surface area (Å²) in [5.74, 6) is 1.57. The first kappa shape index (κ1) is 28.5. The molecule has 4 saturated carbocycles. The standard InChI is InChI=1S/C35H49NO3/c1-5-7-25-15-19-36-32(20-25)35(17-18-35)33(39)14-9-23(2)29-12-13-30-26(8-6-16-34(29,30)4)10-11-27-21-28(37)22-31(38)24(27)3/h9-11,14-15,19-20,23,28-31,33,37-39H,3,5-8,12-13,16-18,21-22H2,1-2,4H3/t23-,28-,29-,30+,31+,33-,34-/m1/s1. The summed E-state index contributed by atoms with van der Waals surface area (Å²) in [7, 11) is 0. The van der Waals surface area contributed by atoms with E-state index in [1.54, 1.807) is 0 Å². The molecule has 0 saturated heterocycles. The zero-order chi connectivity index (χ0) is 27.8. The van der Waals surface area contributed by atoms with Crippen LogP contribution in [-0.2, 0) is 11.8 Å². The van der Waals surface area contributed by atoms with Crippen LogP contribution in [0.5, 0.6) is 0 Å². The van der Waals surface area contributed by atoms with Gasteiger partial charge in [-0.25, -0.2) is 0 Å². The van der Waals surface area contributed by atoms with Gasteiger partial charge in [0.25, 0.3) is 0 Å². The molecule has 1 aromatic heterocycles. The number of pyridine rings is 1. The summed E-state index contributed by atoms with van der Waals surface area (Å²) in [6.07, 6.45) is 20.2. The summed E-state index contributed by atoms with van der Waals surface area (Å²) in [4.78, 5) is 4.68. The normalized spacial score (nSPS) is 35.9. The van der Waals surface area contributed by atoms with E-state index in [1.165, 1.54) is 36.8 Å². The molecule has 4 nitrogen and oxygen atoms in total. The van der Waals surface area contributed by atoms with Crippen LogP contribution in [0.25, 0.3) is 0 Å². The second-order valence-electron chi connectivity index (χ2n) is 13.3. The molecule has 7 atom stereocenters. The lowest BCUT2D eigenvalue weighted by Gasteiger charge is -2.44. The highest BCUT2D eigenvalue weighted by atomic mass is 16.3. The molecule has 0 aromatic carbocycles. The molecule has 0 aliphatic heterocycles. The largest absolute Gasteiger partial charge is 0.393 e. The van der Waals surface area contributed by atoms with Gasteiger partial charge in [0, 0.05) is 23.7 Å². The molecular formula is C35H49NO3. The first-order valence-electron chi connectivity index (χ1n) is 15.4. The van der Waals surface area contributed by atoms with Gasteiger partial charge in [0.1, 0.15) is 0 Å². The number of nitrogens with zero attached hydrogens (tertiary/aromatic N) is 1. The Morgan fingerprint density at radius 2 is 1.95 bits per heavy atom. The number of hydrogen-bond acceptors (Lipinski definition) is 4.